The molecule has 0 unspecified atom stereocenters. The number of Topliss-reactive ketones (excluding diaryl/α,β-unsaturated/α-hetero) is 3. The maximum atomic E-state index is 15.5. The lowest BCUT2D eigenvalue weighted by molar-refractivity contribution is -0.121. The number of pyridine rings is 2. The summed E-state index contributed by atoms with van der Waals surface area (Å²) >= 11 is 13.4. The molecule has 8 atom stereocenters. The lowest BCUT2D eigenvalue weighted by Gasteiger charge is -2.36. The van der Waals surface area contributed by atoms with Gasteiger partial charge in [-0.15, -0.1) is 0 Å². The van der Waals surface area contributed by atoms with E-state index >= 15 is 17.6 Å². The molecule has 6 aromatic heterocycles. The number of hydrogen-bond donors (Lipinski definition) is 1. The van der Waals surface area contributed by atoms with Gasteiger partial charge in [-0.05, 0) is 155 Å². The van der Waals surface area contributed by atoms with E-state index < -0.39 is 186 Å². The maximum Gasteiger partial charge on any atom is 0.293 e. The molecule has 0 bridgehead atoms. The van der Waals surface area contributed by atoms with E-state index in [0.29, 0.717) is 98.4 Å². The molecule has 0 radical (unpaired) electrons. The van der Waals surface area contributed by atoms with Gasteiger partial charge in [-0.1, -0.05) is 54.1 Å². The van der Waals surface area contributed by atoms with E-state index in [0.717, 1.165) is 49.9 Å². The average molecular weight is 1800 g/mol. The number of nitrogens with zero attached hydrogens (tertiary/aromatic N) is 11. The fourth-order valence-electron chi connectivity index (χ4n) is 17.4. The molecule has 656 valence electrons. The van der Waals surface area contributed by atoms with Gasteiger partial charge in [0.1, 0.15) is 87.5 Å². The summed E-state index contributed by atoms with van der Waals surface area (Å²) in [5.41, 5.74) is -0.951. The topological polar surface area (TPSA) is 250 Å². The molecule has 16 rings (SSSR count). The number of aromatic nitrogens is 10. The van der Waals surface area contributed by atoms with Crippen LogP contribution in [0.3, 0.4) is 0 Å². The molecule has 2 saturated heterocycles. The molecule has 0 spiro atoms. The van der Waals surface area contributed by atoms with Gasteiger partial charge in [-0.25, -0.2) is 61.9 Å². The minimum absolute atomic E-state index is 0.0471. The van der Waals surface area contributed by atoms with Crippen LogP contribution in [-0.4, -0.2) is 158 Å². The summed E-state index contributed by atoms with van der Waals surface area (Å²) in [4.78, 5) is 49.9. The number of benzene rings is 4. The third-order valence-corrected chi connectivity index (χ3v) is 24.9. The molecule has 37 heteroatoms. The number of nitrogens with one attached hydrogen (secondary N) is 1. The monoisotopic (exact) mass is 1800 g/mol. The summed E-state index contributed by atoms with van der Waals surface area (Å²) in [7, 11) is -3.92. The smallest absolute Gasteiger partial charge is 0.293 e. The van der Waals surface area contributed by atoms with Crippen molar-refractivity contribution >= 4 is 82.0 Å². The quantitative estimate of drug-likeness (QED) is 0.0461. The van der Waals surface area contributed by atoms with Crippen molar-refractivity contribution in [2.24, 2.45) is 25.9 Å². The highest BCUT2D eigenvalue weighted by Gasteiger charge is 2.68. The van der Waals surface area contributed by atoms with Gasteiger partial charge in [0.15, 0.2) is 31.2 Å². The van der Waals surface area contributed by atoms with Crippen molar-refractivity contribution in [3.05, 3.63) is 197 Å². The number of sulfone groups is 2. The zero-order valence-electron chi connectivity index (χ0n) is 68.4. The summed E-state index contributed by atoms with van der Waals surface area (Å²) in [5, 5.41) is 21.0. The van der Waals surface area contributed by atoms with Crippen LogP contribution in [0.2, 0.25) is 10.0 Å². The third kappa shape index (κ3) is 19.3. The number of alkyl halides is 8. The number of fused-ring (bicyclic) bond motifs is 8. The van der Waals surface area contributed by atoms with Crippen LogP contribution >= 0.6 is 23.2 Å². The molecule has 10 aromatic rings. The second-order valence-electron chi connectivity index (χ2n) is 33.0. The zero-order valence-corrected chi connectivity index (χ0v) is 71.6. The number of carbonyl (C=O) groups is 3. The number of ether oxygens (including phenoxy) is 2. The van der Waals surface area contributed by atoms with E-state index in [-0.39, 0.29) is 97.9 Å². The van der Waals surface area contributed by atoms with Crippen LogP contribution in [0.15, 0.2) is 84.9 Å². The summed E-state index contributed by atoms with van der Waals surface area (Å²) in [6, 6.07) is 18.9. The van der Waals surface area contributed by atoms with Gasteiger partial charge in [0, 0.05) is 146 Å². The first kappa shape index (κ1) is 90.4. The van der Waals surface area contributed by atoms with E-state index in [9.17, 15) is 66.3 Å². The van der Waals surface area contributed by atoms with Crippen LogP contribution in [-0.2, 0) is 107 Å². The Bertz CT molecular complexity index is 6290. The molecule has 4 aromatic carbocycles. The maximum absolute atomic E-state index is 15.5. The molecule has 4 fully saturated rings. The van der Waals surface area contributed by atoms with Crippen LogP contribution in [0.4, 0.5) is 52.7 Å². The zero-order chi connectivity index (χ0) is 89.5. The number of rotatable bonds is 23. The number of hydrogen-bond acceptors (Lipinski definition) is 17. The number of halogens is 14. The van der Waals surface area contributed by atoms with Gasteiger partial charge in [-0.2, -0.15) is 38.0 Å². The first-order valence-electron chi connectivity index (χ1n) is 39.7. The van der Waals surface area contributed by atoms with E-state index in [2.05, 4.69) is 54.3 Å². The van der Waals surface area contributed by atoms with Gasteiger partial charge >= 0.3 is 0 Å². The Hall–Kier alpha value is -9.85. The molecule has 4 aliphatic carbocycles. The number of ketones is 3. The lowest BCUT2D eigenvalue weighted by Crippen LogP contribution is -2.49. The fraction of sp³-hybridized carbons (Fsp3) is 0.437. The molecule has 0 amide bonds. The Kier molecular flexibility index (Phi) is 25.4. The van der Waals surface area contributed by atoms with Crippen LogP contribution in [0.1, 0.15) is 176 Å². The molecule has 8 heterocycles. The van der Waals surface area contributed by atoms with Gasteiger partial charge in [0.25, 0.3) is 24.7 Å². The van der Waals surface area contributed by atoms with Crippen LogP contribution in [0, 0.1) is 58.8 Å². The van der Waals surface area contributed by atoms with Crippen molar-refractivity contribution in [3.63, 3.8) is 0 Å². The number of aryl methyl sites for hydroxylation is 2. The van der Waals surface area contributed by atoms with E-state index in [1.807, 2.05) is 13.8 Å². The number of morpholine rings is 2. The van der Waals surface area contributed by atoms with Crippen LogP contribution < -0.4 is 5.32 Å². The van der Waals surface area contributed by atoms with Gasteiger partial charge in [0.2, 0.25) is 0 Å². The first-order valence-corrected chi connectivity index (χ1v) is 44.6. The number of carbonyl (C=O) groups excluding carboxylic acids is 3. The van der Waals surface area contributed by atoms with E-state index in [1.54, 1.807) is 69.6 Å². The largest absolute Gasteiger partial charge is 0.360 e. The van der Waals surface area contributed by atoms with Gasteiger partial charge in [-0.3, -0.25) is 33.2 Å². The summed E-state index contributed by atoms with van der Waals surface area (Å²) in [5.74, 6) is -5.92. The third-order valence-electron chi connectivity index (χ3n) is 22.6. The standard InChI is InChI=1S/C43H41ClF6N6O4S.C41H37ClF6N6O4S.C3H6O/c1-5-55-12-13-60-42(2,22-55)11-10-27-6-7-29(30-8-9-33(44)36-34(21-61(4,58)59)52-54(3)39(30)36)37(51-27)24(14-23-15-25(45)18-26(46)16-23)17-28(57)20-56-40-35(38(53-56)41(47)48)31-19-32(31)43(40,49)50;1-40(20-49-10-11-58-40)9-8-25-4-5-27(28-6-7-31(42)34-32(19-59(3,56)57)51-53(2)37(28)34)35(50-25)22(12-21-13-23(43)16-24(44)14-21)15-26(55)18-54-38-33(36(52-54)39(45)46)29-17-30(29)41(38,47)48;1-3(2)4/h6-9,15-16,18,24,31-32,41H,5,12-14,17,19-22H2,1-4H3;4-7,13-14,16,22,29-30,39,49H,10-12,15,17-20H2,1-3H3;1-2H3/t24-,31+,32-,42-;22-,29+,30-,40-;/m11./s1. The van der Waals surface area contributed by atoms with Crippen LogP contribution in [0.25, 0.3) is 44.1 Å². The van der Waals surface area contributed by atoms with E-state index in [1.165, 1.54) is 23.2 Å². The predicted octanol–water partition coefficient (Wildman–Crippen LogP) is 15.7. The van der Waals surface area contributed by atoms with Crippen LogP contribution in [0.5, 0.6) is 0 Å². The molecule has 2 saturated carbocycles. The Labute approximate surface area is 715 Å². The second-order valence-corrected chi connectivity index (χ2v) is 38.1. The first-order chi connectivity index (χ1) is 58.3. The highest BCUT2D eigenvalue weighted by atomic mass is 35.5. The van der Waals surface area contributed by atoms with Crippen molar-refractivity contribution in [1.82, 2.24) is 59.3 Å². The SMILES string of the molecule is CC(C)=O.CCN1CCO[C@](C)(C#Cc2ccc(-c3ccc(Cl)c4c(CS(C)(=O)=O)nn(C)c34)c([C@@H](CC(=O)Cn3nc(C(F)F)c4c3C(F)(F)[C@@H]3C[C@H]43)Cc3cc(F)cc(F)c3)n2)C1.Cn1nc(CS(C)(=O)=O)c2c(Cl)ccc(-c3ccc(C#C[C@]4(C)CNCCO4)nc3[C@@H](CC(=O)Cn3nc(C(F)F)c4c3C(F)(F)[C@@H]3C[C@H]43)Cc3cc(F)cc(F)c3)c21. The second kappa shape index (κ2) is 34.8. The Morgan fingerprint density at radius 2 is 0.968 bits per heavy atom. The lowest BCUT2D eigenvalue weighted by atomic mass is 9.86. The predicted molar refractivity (Wildman–Crippen MR) is 438 cm³/mol. The average Bonchev–Trinajstić information content (AvgIpc) is 1.52. The fourth-order valence-corrected chi connectivity index (χ4v) is 19.4. The van der Waals surface area contributed by atoms with Crippen molar-refractivity contribution in [3.8, 4) is 45.9 Å². The molecule has 124 heavy (non-hydrogen) atoms. The Morgan fingerprint density at radius 3 is 1.35 bits per heavy atom. The highest BCUT2D eigenvalue weighted by molar-refractivity contribution is 7.90. The molecule has 1 N–H and O–H groups in total. The summed E-state index contributed by atoms with van der Waals surface area (Å²) < 4.78 is 243. The van der Waals surface area contributed by atoms with Crippen molar-refractivity contribution < 1.29 is 93.4 Å². The van der Waals surface area contributed by atoms with E-state index in [4.69, 9.17) is 42.6 Å². The normalized spacial score (nSPS) is 20.8. The minimum Gasteiger partial charge on any atom is -0.360 e. The Morgan fingerprint density at radius 1 is 0.573 bits per heavy atom. The number of likely N-dealkylation sites (N-methyl/N-ethyl adjacent to an activating group) is 1. The van der Waals surface area contributed by atoms with Crippen molar-refractivity contribution in [2.75, 3.05) is 58.4 Å². The molecular formula is C87H84Cl2F12N12O9S2. The van der Waals surface area contributed by atoms with Crippen molar-refractivity contribution in [2.45, 2.75) is 157 Å². The van der Waals surface area contributed by atoms with Gasteiger partial charge in [0.05, 0.1) is 68.6 Å². The molecule has 6 aliphatic rings. The van der Waals surface area contributed by atoms with Crippen molar-refractivity contribution in [1.29, 1.82) is 0 Å². The molecular weight excluding hydrogens is 1720 g/mol. The van der Waals surface area contributed by atoms with Gasteiger partial charge < -0.3 is 19.6 Å². The molecule has 21 nitrogen and oxygen atoms in total. The minimum atomic E-state index is -3.57. The summed E-state index contributed by atoms with van der Waals surface area (Å²) in [6.45, 7) is 11.2. The molecule has 2 aliphatic heterocycles. The Balaban J connectivity index is 0.000000194. The highest BCUT2D eigenvalue weighted by Crippen LogP contribution is 2.69. The summed E-state index contributed by atoms with van der Waals surface area (Å²) in [6.07, 6.45) is -5.35.